The highest BCUT2D eigenvalue weighted by atomic mass is 32.1. The lowest BCUT2D eigenvalue weighted by Crippen LogP contribution is -2.29. The van der Waals surface area contributed by atoms with Crippen molar-refractivity contribution in [2.75, 3.05) is 4.90 Å². The van der Waals surface area contributed by atoms with E-state index in [-0.39, 0.29) is 27.3 Å². The van der Waals surface area contributed by atoms with Crippen LogP contribution in [-0.4, -0.2) is 22.9 Å². The van der Waals surface area contributed by atoms with Crippen molar-refractivity contribution in [1.29, 1.82) is 5.26 Å². The molecule has 7 heteroatoms. The summed E-state index contributed by atoms with van der Waals surface area (Å²) >= 11 is 1.19. The van der Waals surface area contributed by atoms with Gasteiger partial charge in [0, 0.05) is 10.4 Å². The number of hydrogen-bond acceptors (Lipinski definition) is 5. The zero-order valence-electron chi connectivity index (χ0n) is 17.0. The molecule has 5 rings (SSSR count). The first kappa shape index (κ1) is 20.4. The summed E-state index contributed by atoms with van der Waals surface area (Å²) in [6, 6.07) is 24.8. The van der Waals surface area contributed by atoms with E-state index in [1.54, 1.807) is 0 Å². The molecular formula is C26H14N2O4S. The Bertz CT molecular complexity index is 1480. The molecule has 4 aromatic rings. The molecule has 6 nitrogen and oxygen atoms in total. The molecule has 1 aliphatic rings. The molecule has 3 aromatic carbocycles. The predicted molar refractivity (Wildman–Crippen MR) is 124 cm³/mol. The van der Waals surface area contributed by atoms with Crippen molar-refractivity contribution in [2.24, 2.45) is 0 Å². The van der Waals surface area contributed by atoms with Crippen molar-refractivity contribution in [3.8, 4) is 27.6 Å². The van der Waals surface area contributed by atoms with E-state index in [4.69, 9.17) is 0 Å². The number of thiophene rings is 1. The van der Waals surface area contributed by atoms with Gasteiger partial charge in [0.05, 0.1) is 22.3 Å². The van der Waals surface area contributed by atoms with Crippen LogP contribution in [0.25, 0.3) is 21.6 Å². The van der Waals surface area contributed by atoms with Crippen LogP contribution in [0.5, 0.6) is 0 Å². The second-order valence-corrected chi connectivity index (χ2v) is 8.34. The summed E-state index contributed by atoms with van der Waals surface area (Å²) in [6.07, 6.45) is 0. The highest BCUT2D eigenvalue weighted by Crippen LogP contribution is 2.48. The molecule has 33 heavy (non-hydrogen) atoms. The third-order valence-electron chi connectivity index (χ3n) is 5.44. The molecule has 0 unspecified atom stereocenters. The van der Waals surface area contributed by atoms with Crippen LogP contribution in [0.1, 0.15) is 36.6 Å². The number of imide groups is 1. The molecule has 1 aliphatic heterocycles. The van der Waals surface area contributed by atoms with Gasteiger partial charge in [-0.1, -0.05) is 60.7 Å². The molecule has 0 saturated carbocycles. The topological polar surface area (TPSA) is 98.5 Å². The number of anilines is 1. The third-order valence-corrected chi connectivity index (χ3v) is 6.66. The van der Waals surface area contributed by atoms with Crippen molar-refractivity contribution in [2.45, 2.75) is 0 Å². The van der Waals surface area contributed by atoms with Gasteiger partial charge in [0.2, 0.25) is 0 Å². The Kier molecular flexibility index (Phi) is 4.85. The van der Waals surface area contributed by atoms with E-state index >= 15 is 0 Å². The largest absolute Gasteiger partial charge is 0.478 e. The van der Waals surface area contributed by atoms with Gasteiger partial charge in [0.1, 0.15) is 11.1 Å². The molecule has 158 valence electrons. The van der Waals surface area contributed by atoms with Crippen LogP contribution >= 0.6 is 11.3 Å². The van der Waals surface area contributed by atoms with E-state index in [1.807, 2.05) is 60.7 Å². The SMILES string of the molecule is N#Cc1c(N2C(=O)c3ccc(C(=O)O)cc3C2=O)sc(-c2ccccc2)c1-c1ccccc1. The van der Waals surface area contributed by atoms with Gasteiger partial charge in [0.25, 0.3) is 11.8 Å². The molecular weight excluding hydrogens is 436 g/mol. The van der Waals surface area contributed by atoms with Crippen molar-refractivity contribution < 1.29 is 19.5 Å². The first-order chi connectivity index (χ1) is 16.0. The minimum Gasteiger partial charge on any atom is -0.478 e. The summed E-state index contributed by atoms with van der Waals surface area (Å²) in [7, 11) is 0. The van der Waals surface area contributed by atoms with Crippen LogP contribution in [0.2, 0.25) is 0 Å². The first-order valence-electron chi connectivity index (χ1n) is 9.95. The molecule has 2 amide bonds. The zero-order valence-corrected chi connectivity index (χ0v) is 17.8. The van der Waals surface area contributed by atoms with Crippen LogP contribution in [0.3, 0.4) is 0 Å². The summed E-state index contributed by atoms with van der Waals surface area (Å²) in [5, 5.41) is 19.6. The Labute approximate surface area is 192 Å². The molecule has 0 spiro atoms. The summed E-state index contributed by atoms with van der Waals surface area (Å²) in [5.74, 6) is -2.41. The number of hydrogen-bond donors (Lipinski definition) is 1. The van der Waals surface area contributed by atoms with Gasteiger partial charge >= 0.3 is 5.97 Å². The smallest absolute Gasteiger partial charge is 0.335 e. The van der Waals surface area contributed by atoms with Crippen LogP contribution in [0.15, 0.2) is 78.9 Å². The van der Waals surface area contributed by atoms with E-state index in [0.717, 1.165) is 20.9 Å². The Morgan fingerprint density at radius 3 is 2.06 bits per heavy atom. The number of fused-ring (bicyclic) bond motifs is 1. The standard InChI is InChI=1S/C26H14N2O4S/c27-14-20-21(15-7-3-1-4-8-15)22(16-9-5-2-6-10-16)33-25(20)28-23(29)18-12-11-17(26(31)32)13-19(18)24(28)30/h1-13H,(H,31,32). The fourth-order valence-electron chi connectivity index (χ4n) is 3.91. The molecule has 0 fully saturated rings. The highest BCUT2D eigenvalue weighted by molar-refractivity contribution is 7.20. The van der Waals surface area contributed by atoms with Crippen LogP contribution < -0.4 is 4.90 Å². The van der Waals surface area contributed by atoms with Crippen molar-refractivity contribution in [3.05, 3.63) is 101 Å². The monoisotopic (exact) mass is 450 g/mol. The number of nitrogens with zero attached hydrogens (tertiary/aromatic N) is 2. The number of carboxylic acid groups (broad SMARTS) is 1. The van der Waals surface area contributed by atoms with E-state index in [1.165, 1.54) is 29.5 Å². The Morgan fingerprint density at radius 2 is 1.45 bits per heavy atom. The molecule has 2 heterocycles. The fourth-order valence-corrected chi connectivity index (χ4v) is 5.19. The molecule has 0 saturated heterocycles. The van der Waals surface area contributed by atoms with Gasteiger partial charge < -0.3 is 5.11 Å². The Hall–Kier alpha value is -4.54. The van der Waals surface area contributed by atoms with E-state index in [9.17, 15) is 24.8 Å². The average Bonchev–Trinajstić information content (AvgIpc) is 3.34. The second kappa shape index (κ2) is 7.86. The summed E-state index contributed by atoms with van der Waals surface area (Å²) in [5.41, 5.74) is 2.56. The quantitative estimate of drug-likeness (QED) is 0.417. The number of carboxylic acids is 1. The third kappa shape index (κ3) is 3.21. The van der Waals surface area contributed by atoms with Crippen LogP contribution in [-0.2, 0) is 0 Å². The molecule has 1 aromatic heterocycles. The number of rotatable bonds is 4. The van der Waals surface area contributed by atoms with Gasteiger partial charge in [-0.15, -0.1) is 11.3 Å². The van der Waals surface area contributed by atoms with Gasteiger partial charge in [0.15, 0.2) is 0 Å². The van der Waals surface area contributed by atoms with Gasteiger partial charge in [-0.05, 0) is 29.3 Å². The maximum atomic E-state index is 13.3. The number of benzene rings is 3. The fraction of sp³-hybridized carbons (Fsp3) is 0. The minimum atomic E-state index is -1.19. The number of aromatic carboxylic acids is 1. The molecule has 0 radical (unpaired) electrons. The van der Waals surface area contributed by atoms with Gasteiger partial charge in [-0.2, -0.15) is 5.26 Å². The number of amides is 2. The average molecular weight is 450 g/mol. The van der Waals surface area contributed by atoms with Crippen molar-refractivity contribution in [1.82, 2.24) is 0 Å². The van der Waals surface area contributed by atoms with E-state index in [2.05, 4.69) is 6.07 Å². The summed E-state index contributed by atoms with van der Waals surface area (Å²) < 4.78 is 0. The number of nitriles is 1. The Balaban J connectivity index is 1.74. The summed E-state index contributed by atoms with van der Waals surface area (Å²) in [4.78, 5) is 39.6. The number of carbonyl (C=O) groups is 3. The lowest BCUT2D eigenvalue weighted by atomic mass is 9.98. The lowest BCUT2D eigenvalue weighted by molar-refractivity contribution is 0.0696. The van der Waals surface area contributed by atoms with Gasteiger partial charge in [-0.3, -0.25) is 9.59 Å². The molecule has 1 N–H and O–H groups in total. The number of carbonyl (C=O) groups excluding carboxylic acids is 2. The molecule has 0 aliphatic carbocycles. The van der Waals surface area contributed by atoms with E-state index < -0.39 is 17.8 Å². The first-order valence-corrected chi connectivity index (χ1v) is 10.8. The lowest BCUT2D eigenvalue weighted by Gasteiger charge is -2.12. The van der Waals surface area contributed by atoms with Crippen LogP contribution in [0, 0.1) is 11.3 Å². The predicted octanol–water partition coefficient (Wildman–Crippen LogP) is 5.45. The normalized spacial score (nSPS) is 12.5. The maximum absolute atomic E-state index is 13.3. The second-order valence-electron chi connectivity index (χ2n) is 7.34. The maximum Gasteiger partial charge on any atom is 0.335 e. The zero-order chi connectivity index (χ0) is 23.1. The Morgan fingerprint density at radius 1 is 0.848 bits per heavy atom. The van der Waals surface area contributed by atoms with Crippen molar-refractivity contribution in [3.63, 3.8) is 0 Å². The van der Waals surface area contributed by atoms with Crippen molar-refractivity contribution >= 4 is 34.1 Å². The van der Waals surface area contributed by atoms with Crippen LogP contribution in [0.4, 0.5) is 5.00 Å². The van der Waals surface area contributed by atoms with Gasteiger partial charge in [-0.25, -0.2) is 9.69 Å². The highest BCUT2D eigenvalue weighted by Gasteiger charge is 2.40. The molecule has 0 atom stereocenters. The minimum absolute atomic E-state index is 0.0136. The molecule has 0 bridgehead atoms. The van der Waals surface area contributed by atoms with E-state index in [0.29, 0.717) is 5.56 Å². The summed E-state index contributed by atoms with van der Waals surface area (Å²) in [6.45, 7) is 0.